The van der Waals surface area contributed by atoms with E-state index in [9.17, 15) is 9.59 Å². The molecule has 2 N–H and O–H groups in total. The SMILES string of the molecule is NC(=O)COC(=O)CS. The predicted molar refractivity (Wildman–Crippen MR) is 34.0 cm³/mol. The number of esters is 1. The first-order chi connectivity index (χ1) is 4.16. The molecule has 0 aliphatic rings. The lowest BCUT2D eigenvalue weighted by atomic mass is 10.7. The fraction of sp³-hybridized carbons (Fsp3) is 0.500. The van der Waals surface area contributed by atoms with E-state index in [1.54, 1.807) is 0 Å². The van der Waals surface area contributed by atoms with Crippen molar-refractivity contribution >= 4 is 24.5 Å². The molecule has 4 nitrogen and oxygen atoms in total. The molecule has 0 saturated heterocycles. The summed E-state index contributed by atoms with van der Waals surface area (Å²) in [5.41, 5.74) is 4.65. The highest BCUT2D eigenvalue weighted by Crippen LogP contribution is 1.79. The number of nitrogens with two attached hydrogens (primary N) is 1. The van der Waals surface area contributed by atoms with Crippen molar-refractivity contribution in [3.05, 3.63) is 0 Å². The Morgan fingerprint density at radius 3 is 2.44 bits per heavy atom. The third kappa shape index (κ3) is 5.16. The van der Waals surface area contributed by atoms with Gasteiger partial charge in [0.2, 0.25) is 0 Å². The van der Waals surface area contributed by atoms with Gasteiger partial charge in [0, 0.05) is 0 Å². The highest BCUT2D eigenvalue weighted by Gasteiger charge is 1.99. The molecule has 0 aromatic heterocycles. The zero-order chi connectivity index (χ0) is 7.28. The molecule has 0 bridgehead atoms. The summed E-state index contributed by atoms with van der Waals surface area (Å²) in [5.74, 6) is -1.24. The fourth-order valence-electron chi connectivity index (χ4n) is 0.197. The van der Waals surface area contributed by atoms with Crippen molar-refractivity contribution in [3.8, 4) is 0 Å². The molecule has 0 aliphatic heterocycles. The molecular formula is C4H7NO3S. The van der Waals surface area contributed by atoms with Crippen LogP contribution < -0.4 is 5.73 Å². The molecule has 0 aromatic carbocycles. The van der Waals surface area contributed by atoms with E-state index >= 15 is 0 Å². The predicted octanol–water partition coefficient (Wildman–Crippen LogP) is -1.06. The minimum Gasteiger partial charge on any atom is -0.455 e. The first-order valence-electron chi connectivity index (χ1n) is 2.21. The van der Waals surface area contributed by atoms with Crippen LogP contribution in [0.5, 0.6) is 0 Å². The van der Waals surface area contributed by atoms with Crippen LogP contribution in [-0.2, 0) is 14.3 Å². The summed E-state index contributed by atoms with van der Waals surface area (Å²) in [4.78, 5) is 20.1. The average Bonchev–Trinajstić information content (AvgIpc) is 1.83. The van der Waals surface area contributed by atoms with Gasteiger partial charge in [0.05, 0.1) is 5.75 Å². The normalized spacial score (nSPS) is 8.56. The van der Waals surface area contributed by atoms with Crippen molar-refractivity contribution in [3.63, 3.8) is 0 Å². The maximum absolute atomic E-state index is 10.2. The van der Waals surface area contributed by atoms with E-state index in [0.717, 1.165) is 0 Å². The third-order valence-electron chi connectivity index (χ3n) is 0.505. The lowest BCUT2D eigenvalue weighted by Crippen LogP contribution is -2.21. The van der Waals surface area contributed by atoms with Gasteiger partial charge in [-0.15, -0.1) is 0 Å². The molecule has 0 unspecified atom stereocenters. The third-order valence-corrected chi connectivity index (χ3v) is 0.763. The van der Waals surface area contributed by atoms with Crippen molar-refractivity contribution in [2.24, 2.45) is 5.73 Å². The Kier molecular flexibility index (Phi) is 3.87. The van der Waals surface area contributed by atoms with Gasteiger partial charge < -0.3 is 10.5 Å². The van der Waals surface area contributed by atoms with Crippen molar-refractivity contribution in [2.75, 3.05) is 12.4 Å². The van der Waals surface area contributed by atoms with E-state index in [2.05, 4.69) is 23.1 Å². The van der Waals surface area contributed by atoms with E-state index in [1.807, 2.05) is 0 Å². The number of carbonyl (C=O) groups is 2. The molecule has 0 rings (SSSR count). The van der Waals surface area contributed by atoms with Crippen LogP contribution in [0.2, 0.25) is 0 Å². The highest BCUT2D eigenvalue weighted by atomic mass is 32.1. The van der Waals surface area contributed by atoms with Crippen LogP contribution in [0.3, 0.4) is 0 Å². The lowest BCUT2D eigenvalue weighted by molar-refractivity contribution is -0.145. The van der Waals surface area contributed by atoms with Gasteiger partial charge in [-0.05, 0) is 0 Å². The average molecular weight is 149 g/mol. The Hall–Kier alpha value is -0.710. The standard InChI is InChI=1S/C4H7NO3S/c5-3(6)1-8-4(7)2-9/h9H,1-2H2,(H2,5,6). The summed E-state index contributed by atoms with van der Waals surface area (Å²) in [6, 6.07) is 0. The van der Waals surface area contributed by atoms with Crippen LogP contribution in [0.1, 0.15) is 0 Å². The summed E-state index contributed by atoms with van der Waals surface area (Å²) in [6.45, 7) is -0.362. The Balaban J connectivity index is 3.28. The van der Waals surface area contributed by atoms with Crippen molar-refractivity contribution in [2.45, 2.75) is 0 Å². The molecule has 9 heavy (non-hydrogen) atoms. The molecule has 0 aliphatic carbocycles. The molecular weight excluding hydrogens is 142 g/mol. The number of hydrogen-bond donors (Lipinski definition) is 2. The van der Waals surface area contributed by atoms with Crippen molar-refractivity contribution in [1.29, 1.82) is 0 Å². The molecule has 0 radical (unpaired) electrons. The highest BCUT2D eigenvalue weighted by molar-refractivity contribution is 7.81. The Morgan fingerprint density at radius 1 is 1.56 bits per heavy atom. The number of ether oxygens (including phenoxy) is 1. The van der Waals surface area contributed by atoms with Crippen LogP contribution >= 0.6 is 12.6 Å². The van der Waals surface area contributed by atoms with Crippen LogP contribution in [-0.4, -0.2) is 24.2 Å². The monoisotopic (exact) mass is 149 g/mol. The number of amides is 1. The van der Waals surface area contributed by atoms with E-state index in [1.165, 1.54) is 0 Å². The maximum Gasteiger partial charge on any atom is 0.316 e. The first-order valence-corrected chi connectivity index (χ1v) is 2.85. The number of rotatable bonds is 3. The number of hydrogen-bond acceptors (Lipinski definition) is 4. The zero-order valence-electron chi connectivity index (χ0n) is 4.66. The van der Waals surface area contributed by atoms with Gasteiger partial charge in [-0.1, -0.05) is 0 Å². The maximum atomic E-state index is 10.2. The second-order valence-corrected chi connectivity index (χ2v) is 1.60. The molecule has 1 amide bonds. The molecule has 0 aromatic rings. The quantitative estimate of drug-likeness (QED) is 0.397. The van der Waals surface area contributed by atoms with Gasteiger partial charge in [-0.2, -0.15) is 12.6 Å². The summed E-state index contributed by atoms with van der Waals surface area (Å²) < 4.78 is 4.26. The van der Waals surface area contributed by atoms with Crippen LogP contribution in [0, 0.1) is 0 Å². The number of thiol groups is 1. The molecule has 5 heteroatoms. The smallest absolute Gasteiger partial charge is 0.316 e. The Labute approximate surface area is 57.8 Å². The second-order valence-electron chi connectivity index (χ2n) is 1.29. The summed E-state index contributed by atoms with van der Waals surface area (Å²) >= 11 is 3.59. The lowest BCUT2D eigenvalue weighted by Gasteiger charge is -1.96. The molecule has 0 saturated carbocycles. The van der Waals surface area contributed by atoms with Gasteiger partial charge >= 0.3 is 5.97 Å². The minimum absolute atomic E-state index is 0.0344. The van der Waals surface area contributed by atoms with Crippen LogP contribution in [0.25, 0.3) is 0 Å². The van der Waals surface area contributed by atoms with Gasteiger partial charge in [-0.3, -0.25) is 9.59 Å². The molecule has 0 fully saturated rings. The number of carbonyl (C=O) groups excluding carboxylic acids is 2. The van der Waals surface area contributed by atoms with E-state index < -0.39 is 11.9 Å². The Bertz CT molecular complexity index is 125. The van der Waals surface area contributed by atoms with Crippen LogP contribution in [0.4, 0.5) is 0 Å². The Morgan fingerprint density at radius 2 is 2.11 bits per heavy atom. The first kappa shape index (κ1) is 8.29. The summed E-state index contributed by atoms with van der Waals surface area (Å²) in [7, 11) is 0. The van der Waals surface area contributed by atoms with Gasteiger partial charge in [-0.25, -0.2) is 0 Å². The van der Waals surface area contributed by atoms with Gasteiger partial charge in [0.1, 0.15) is 0 Å². The molecule has 52 valence electrons. The van der Waals surface area contributed by atoms with Crippen molar-refractivity contribution < 1.29 is 14.3 Å². The zero-order valence-corrected chi connectivity index (χ0v) is 5.56. The van der Waals surface area contributed by atoms with Gasteiger partial charge in [0.25, 0.3) is 5.91 Å². The second kappa shape index (κ2) is 4.20. The van der Waals surface area contributed by atoms with E-state index in [4.69, 9.17) is 0 Å². The van der Waals surface area contributed by atoms with Crippen LogP contribution in [0.15, 0.2) is 0 Å². The summed E-state index contributed by atoms with van der Waals surface area (Å²) in [5, 5.41) is 0. The fourth-order valence-corrected chi connectivity index (χ4v) is 0.289. The molecule has 0 heterocycles. The summed E-state index contributed by atoms with van der Waals surface area (Å²) in [6.07, 6.45) is 0. The van der Waals surface area contributed by atoms with E-state index in [0.29, 0.717) is 0 Å². The van der Waals surface area contributed by atoms with Crippen molar-refractivity contribution in [1.82, 2.24) is 0 Å². The van der Waals surface area contributed by atoms with Gasteiger partial charge in [0.15, 0.2) is 6.61 Å². The molecule has 0 spiro atoms. The van der Waals surface area contributed by atoms with E-state index in [-0.39, 0.29) is 12.4 Å². The number of primary amides is 1. The largest absolute Gasteiger partial charge is 0.455 e. The topological polar surface area (TPSA) is 69.4 Å². The molecule has 0 atom stereocenters. The minimum atomic E-state index is -0.662.